The summed E-state index contributed by atoms with van der Waals surface area (Å²) in [5.41, 5.74) is 1.39. The first-order valence-corrected chi connectivity index (χ1v) is 5.84. The lowest BCUT2D eigenvalue weighted by molar-refractivity contribution is 0.102. The summed E-state index contributed by atoms with van der Waals surface area (Å²) >= 11 is 3.32. The number of pyridine rings is 1. The molecule has 1 amide bonds. The van der Waals surface area contributed by atoms with Crippen molar-refractivity contribution in [3.63, 3.8) is 0 Å². The first-order chi connectivity index (χ1) is 8.06. The molecule has 5 heteroatoms. The summed E-state index contributed by atoms with van der Waals surface area (Å²) < 4.78 is 5.97. The number of nitrogens with one attached hydrogen (secondary N) is 1. The zero-order valence-corrected chi connectivity index (χ0v) is 11.0. The lowest BCUT2D eigenvalue weighted by atomic mass is 10.2. The molecule has 0 aromatic carbocycles. The average Bonchev–Trinajstić information content (AvgIpc) is 2.69. The predicted octanol–water partition coefficient (Wildman–Crippen LogP) is 3.31. The van der Waals surface area contributed by atoms with Crippen LogP contribution in [0.4, 0.5) is 5.82 Å². The Labute approximate surface area is 107 Å². The number of carbonyl (C=O) groups excluding carboxylic acids is 1. The fourth-order valence-electron chi connectivity index (χ4n) is 1.41. The molecular formula is C12H11BrN2O2. The Balaban J connectivity index is 2.18. The molecule has 0 unspecified atom stereocenters. The highest BCUT2D eigenvalue weighted by atomic mass is 79.9. The van der Waals surface area contributed by atoms with Gasteiger partial charge in [-0.25, -0.2) is 4.98 Å². The van der Waals surface area contributed by atoms with Gasteiger partial charge >= 0.3 is 0 Å². The van der Waals surface area contributed by atoms with Crippen molar-refractivity contribution in [2.24, 2.45) is 0 Å². The molecule has 0 radical (unpaired) electrons. The van der Waals surface area contributed by atoms with Gasteiger partial charge in [-0.15, -0.1) is 0 Å². The van der Waals surface area contributed by atoms with E-state index in [0.29, 0.717) is 17.1 Å². The van der Waals surface area contributed by atoms with Crippen LogP contribution in [0.15, 0.2) is 33.5 Å². The molecule has 2 aromatic rings. The van der Waals surface area contributed by atoms with Crippen molar-refractivity contribution in [1.82, 2.24) is 4.98 Å². The third-order valence-electron chi connectivity index (χ3n) is 2.27. The summed E-state index contributed by atoms with van der Waals surface area (Å²) in [5.74, 6) is 1.03. The standard InChI is InChI=1S/C12H11BrN2O2/c1-7-3-10(13)5-14-11(7)15-12(16)9-4-8(2)17-6-9/h3-6H,1-2H3,(H,14,15,16). The van der Waals surface area contributed by atoms with Crippen molar-refractivity contribution < 1.29 is 9.21 Å². The number of amides is 1. The SMILES string of the molecule is Cc1cc(C(=O)Nc2ncc(Br)cc2C)co1. The van der Waals surface area contributed by atoms with Crippen molar-refractivity contribution in [2.75, 3.05) is 5.32 Å². The molecule has 1 N–H and O–H groups in total. The highest BCUT2D eigenvalue weighted by molar-refractivity contribution is 9.10. The van der Waals surface area contributed by atoms with E-state index in [2.05, 4.69) is 26.2 Å². The number of aryl methyl sites for hydroxylation is 2. The topological polar surface area (TPSA) is 55.1 Å². The van der Waals surface area contributed by atoms with Crippen molar-refractivity contribution in [3.8, 4) is 0 Å². The second kappa shape index (κ2) is 4.71. The summed E-state index contributed by atoms with van der Waals surface area (Å²) in [7, 11) is 0. The van der Waals surface area contributed by atoms with E-state index >= 15 is 0 Å². The van der Waals surface area contributed by atoms with Crippen LogP contribution >= 0.6 is 15.9 Å². The van der Waals surface area contributed by atoms with Crippen molar-refractivity contribution in [1.29, 1.82) is 0 Å². The number of nitrogens with zero attached hydrogens (tertiary/aromatic N) is 1. The second-order valence-electron chi connectivity index (χ2n) is 3.72. The van der Waals surface area contributed by atoms with Gasteiger partial charge in [0, 0.05) is 10.7 Å². The number of aromatic nitrogens is 1. The third-order valence-corrected chi connectivity index (χ3v) is 2.70. The average molecular weight is 295 g/mol. The Morgan fingerprint density at radius 2 is 2.18 bits per heavy atom. The van der Waals surface area contributed by atoms with Crippen LogP contribution in [0, 0.1) is 13.8 Å². The van der Waals surface area contributed by atoms with Gasteiger partial charge in [0.05, 0.1) is 5.56 Å². The van der Waals surface area contributed by atoms with Crippen LogP contribution in [0.25, 0.3) is 0 Å². The van der Waals surface area contributed by atoms with Gasteiger partial charge in [-0.1, -0.05) is 0 Å². The minimum absolute atomic E-state index is 0.222. The van der Waals surface area contributed by atoms with Crippen molar-refractivity contribution >= 4 is 27.7 Å². The maximum atomic E-state index is 11.8. The van der Waals surface area contributed by atoms with Gasteiger partial charge < -0.3 is 9.73 Å². The Kier molecular flexibility index (Phi) is 3.28. The lowest BCUT2D eigenvalue weighted by Crippen LogP contribution is -2.13. The van der Waals surface area contributed by atoms with E-state index in [0.717, 1.165) is 10.0 Å². The number of carbonyl (C=O) groups is 1. The smallest absolute Gasteiger partial charge is 0.260 e. The van der Waals surface area contributed by atoms with Crippen LogP contribution in [0.1, 0.15) is 21.7 Å². The normalized spacial score (nSPS) is 10.3. The fraction of sp³-hybridized carbons (Fsp3) is 0.167. The van der Waals surface area contributed by atoms with E-state index < -0.39 is 0 Å². The van der Waals surface area contributed by atoms with Crippen molar-refractivity contribution in [3.05, 3.63) is 46.0 Å². The van der Waals surface area contributed by atoms with E-state index in [1.807, 2.05) is 13.0 Å². The van der Waals surface area contributed by atoms with E-state index in [9.17, 15) is 4.79 Å². The maximum Gasteiger partial charge on any atom is 0.260 e. The zero-order valence-electron chi connectivity index (χ0n) is 9.45. The Bertz CT molecular complexity index is 563. The number of hydrogen-bond donors (Lipinski definition) is 1. The van der Waals surface area contributed by atoms with Crippen LogP contribution in [0.3, 0.4) is 0 Å². The van der Waals surface area contributed by atoms with E-state index in [1.165, 1.54) is 6.26 Å². The highest BCUT2D eigenvalue weighted by Crippen LogP contribution is 2.17. The number of rotatable bonds is 2. The van der Waals surface area contributed by atoms with Gasteiger partial charge in [0.15, 0.2) is 0 Å². The van der Waals surface area contributed by atoms with Crippen LogP contribution in [-0.4, -0.2) is 10.9 Å². The summed E-state index contributed by atoms with van der Waals surface area (Å²) in [4.78, 5) is 16.0. The summed E-state index contributed by atoms with van der Waals surface area (Å²) in [6.45, 7) is 3.67. The first-order valence-electron chi connectivity index (χ1n) is 5.05. The monoisotopic (exact) mass is 294 g/mol. The molecule has 2 rings (SSSR count). The maximum absolute atomic E-state index is 11.8. The molecule has 0 fully saturated rings. The Hall–Kier alpha value is -1.62. The molecule has 2 aromatic heterocycles. The Morgan fingerprint density at radius 3 is 2.76 bits per heavy atom. The highest BCUT2D eigenvalue weighted by Gasteiger charge is 2.11. The van der Waals surface area contributed by atoms with Gasteiger partial charge in [0.1, 0.15) is 17.8 Å². The van der Waals surface area contributed by atoms with Crippen LogP contribution in [0.5, 0.6) is 0 Å². The van der Waals surface area contributed by atoms with Crippen LogP contribution in [-0.2, 0) is 0 Å². The van der Waals surface area contributed by atoms with E-state index in [4.69, 9.17) is 4.42 Å². The fourth-order valence-corrected chi connectivity index (χ4v) is 1.86. The van der Waals surface area contributed by atoms with Gasteiger partial charge in [0.25, 0.3) is 5.91 Å². The molecule has 4 nitrogen and oxygen atoms in total. The summed E-state index contributed by atoms with van der Waals surface area (Å²) in [5, 5.41) is 2.74. The quantitative estimate of drug-likeness (QED) is 0.924. The van der Waals surface area contributed by atoms with Gasteiger partial charge in [-0.2, -0.15) is 0 Å². The van der Waals surface area contributed by atoms with Crippen LogP contribution < -0.4 is 5.32 Å². The minimum atomic E-state index is -0.222. The zero-order chi connectivity index (χ0) is 12.4. The van der Waals surface area contributed by atoms with Gasteiger partial charge in [-0.05, 0) is 47.5 Å². The molecule has 17 heavy (non-hydrogen) atoms. The number of furan rings is 1. The number of hydrogen-bond acceptors (Lipinski definition) is 3. The van der Waals surface area contributed by atoms with E-state index in [-0.39, 0.29) is 5.91 Å². The molecule has 0 aliphatic carbocycles. The molecule has 2 heterocycles. The van der Waals surface area contributed by atoms with Crippen LogP contribution in [0.2, 0.25) is 0 Å². The molecule has 0 bridgehead atoms. The largest absolute Gasteiger partial charge is 0.469 e. The second-order valence-corrected chi connectivity index (χ2v) is 4.63. The minimum Gasteiger partial charge on any atom is -0.469 e. The molecule has 0 spiro atoms. The molecule has 0 saturated carbocycles. The molecule has 0 saturated heterocycles. The molecule has 0 atom stereocenters. The molecule has 88 valence electrons. The number of anilines is 1. The van der Waals surface area contributed by atoms with Gasteiger partial charge in [-0.3, -0.25) is 4.79 Å². The number of halogens is 1. The molecule has 0 aliphatic rings. The summed E-state index contributed by atoms with van der Waals surface area (Å²) in [6, 6.07) is 3.58. The predicted molar refractivity (Wildman–Crippen MR) is 68.1 cm³/mol. The van der Waals surface area contributed by atoms with E-state index in [1.54, 1.807) is 19.2 Å². The molecule has 0 aliphatic heterocycles. The summed E-state index contributed by atoms with van der Waals surface area (Å²) in [6.07, 6.45) is 3.07. The molecular weight excluding hydrogens is 284 g/mol. The lowest BCUT2D eigenvalue weighted by Gasteiger charge is -2.05. The first kappa shape index (κ1) is 11.9. The van der Waals surface area contributed by atoms with Gasteiger partial charge in [0.2, 0.25) is 0 Å². The Morgan fingerprint density at radius 1 is 1.41 bits per heavy atom. The third kappa shape index (κ3) is 2.74. The van der Waals surface area contributed by atoms with Crippen molar-refractivity contribution in [2.45, 2.75) is 13.8 Å².